The molecule has 2 amide bonds. The molecule has 2 atom stereocenters. The summed E-state index contributed by atoms with van der Waals surface area (Å²) in [5.74, 6) is -2.06. The van der Waals surface area contributed by atoms with Crippen LogP contribution in [-0.2, 0) is 21.4 Å². The van der Waals surface area contributed by atoms with Crippen LogP contribution >= 0.6 is 0 Å². The van der Waals surface area contributed by atoms with Gasteiger partial charge in [0.05, 0.1) is 0 Å². The van der Waals surface area contributed by atoms with Crippen molar-refractivity contribution >= 4 is 17.8 Å². The van der Waals surface area contributed by atoms with E-state index in [4.69, 9.17) is 5.11 Å². The van der Waals surface area contributed by atoms with Crippen LogP contribution in [0.5, 0.6) is 0 Å². The first-order chi connectivity index (χ1) is 13.6. The Morgan fingerprint density at radius 1 is 0.931 bits per heavy atom. The van der Waals surface area contributed by atoms with Crippen molar-refractivity contribution in [3.63, 3.8) is 0 Å². The van der Waals surface area contributed by atoms with E-state index in [0.717, 1.165) is 11.1 Å². The first kappa shape index (κ1) is 22.1. The van der Waals surface area contributed by atoms with Gasteiger partial charge in [-0.05, 0) is 35.6 Å². The number of rotatable bonds is 7. The number of carboxylic acids is 1. The van der Waals surface area contributed by atoms with E-state index in [2.05, 4.69) is 31.4 Å². The lowest BCUT2D eigenvalue weighted by molar-refractivity contribution is -0.141. The fraction of sp³-hybridized carbons (Fsp3) is 0.348. The molecule has 0 bridgehead atoms. The number of hydrogen-bond acceptors (Lipinski definition) is 3. The second-order valence-electron chi connectivity index (χ2n) is 8.11. The number of hydrogen-bond donors (Lipinski definition) is 3. The summed E-state index contributed by atoms with van der Waals surface area (Å²) in [6, 6.07) is 14.6. The quantitative estimate of drug-likeness (QED) is 0.671. The molecule has 154 valence electrons. The van der Waals surface area contributed by atoms with Gasteiger partial charge in [-0.1, -0.05) is 63.2 Å². The molecule has 0 aliphatic heterocycles. The van der Waals surface area contributed by atoms with Crippen molar-refractivity contribution < 1.29 is 19.5 Å². The normalized spacial score (nSPS) is 13.2. The highest BCUT2D eigenvalue weighted by molar-refractivity contribution is 5.98. The summed E-state index contributed by atoms with van der Waals surface area (Å²) < 4.78 is 0. The predicted molar refractivity (Wildman–Crippen MR) is 112 cm³/mol. The molecule has 0 heterocycles. The molecule has 6 nitrogen and oxygen atoms in total. The lowest BCUT2D eigenvalue weighted by atomic mass is 9.86. The molecule has 0 saturated heterocycles. The number of benzene rings is 2. The molecule has 6 heteroatoms. The topological polar surface area (TPSA) is 95.5 Å². The third-order valence-corrected chi connectivity index (χ3v) is 4.65. The van der Waals surface area contributed by atoms with Gasteiger partial charge in [0.1, 0.15) is 12.1 Å². The minimum Gasteiger partial charge on any atom is -0.480 e. The monoisotopic (exact) mass is 396 g/mol. The molecule has 0 fully saturated rings. The van der Waals surface area contributed by atoms with E-state index >= 15 is 0 Å². The van der Waals surface area contributed by atoms with E-state index in [1.165, 1.54) is 6.92 Å². The fourth-order valence-electron chi connectivity index (χ4n) is 2.80. The smallest absolute Gasteiger partial charge is 0.325 e. The Kier molecular flexibility index (Phi) is 7.15. The second kappa shape index (κ2) is 9.37. The largest absolute Gasteiger partial charge is 0.480 e. The molecule has 0 saturated carbocycles. The van der Waals surface area contributed by atoms with Gasteiger partial charge < -0.3 is 15.7 Å². The van der Waals surface area contributed by atoms with Gasteiger partial charge in [-0.3, -0.25) is 14.4 Å². The van der Waals surface area contributed by atoms with Crippen molar-refractivity contribution in [2.24, 2.45) is 0 Å². The number of aliphatic carboxylic acids is 1. The average molecular weight is 396 g/mol. The van der Waals surface area contributed by atoms with Gasteiger partial charge in [-0.25, -0.2) is 0 Å². The predicted octanol–water partition coefficient (Wildman–Crippen LogP) is 2.91. The Bertz CT molecular complexity index is 855. The maximum atomic E-state index is 12.7. The summed E-state index contributed by atoms with van der Waals surface area (Å²) in [5, 5.41) is 14.2. The molecule has 0 spiro atoms. The lowest BCUT2D eigenvalue weighted by Gasteiger charge is -2.21. The Morgan fingerprint density at radius 3 is 2.03 bits per heavy atom. The summed E-state index contributed by atoms with van der Waals surface area (Å²) in [6.07, 6.45) is 0.255. The van der Waals surface area contributed by atoms with Crippen molar-refractivity contribution in [2.75, 3.05) is 0 Å². The molecule has 0 aliphatic carbocycles. The van der Waals surface area contributed by atoms with Gasteiger partial charge in [0, 0.05) is 12.0 Å². The van der Waals surface area contributed by atoms with E-state index < -0.39 is 24.0 Å². The van der Waals surface area contributed by atoms with Crippen LogP contribution in [0.4, 0.5) is 0 Å². The Labute approximate surface area is 171 Å². The maximum absolute atomic E-state index is 12.7. The van der Waals surface area contributed by atoms with Gasteiger partial charge in [0.15, 0.2) is 0 Å². The highest BCUT2D eigenvalue weighted by atomic mass is 16.4. The minimum absolute atomic E-state index is 0.0301. The molecule has 2 aromatic carbocycles. The van der Waals surface area contributed by atoms with Gasteiger partial charge in [-0.2, -0.15) is 0 Å². The average Bonchev–Trinajstić information content (AvgIpc) is 2.67. The van der Waals surface area contributed by atoms with Gasteiger partial charge in [0.2, 0.25) is 5.91 Å². The van der Waals surface area contributed by atoms with Crippen LogP contribution in [-0.4, -0.2) is 35.0 Å². The third-order valence-electron chi connectivity index (χ3n) is 4.65. The van der Waals surface area contributed by atoms with E-state index in [9.17, 15) is 14.4 Å². The van der Waals surface area contributed by atoms with Crippen molar-refractivity contribution in [1.29, 1.82) is 0 Å². The highest BCUT2D eigenvalue weighted by Gasteiger charge is 2.25. The van der Waals surface area contributed by atoms with Crippen molar-refractivity contribution in [3.05, 3.63) is 71.3 Å². The maximum Gasteiger partial charge on any atom is 0.325 e. The molecule has 3 N–H and O–H groups in total. The minimum atomic E-state index is -1.14. The van der Waals surface area contributed by atoms with Gasteiger partial charge in [0.25, 0.3) is 5.91 Å². The Morgan fingerprint density at radius 2 is 1.52 bits per heavy atom. The van der Waals surface area contributed by atoms with Crippen LogP contribution in [0, 0.1) is 0 Å². The van der Waals surface area contributed by atoms with E-state index in [1.54, 1.807) is 12.1 Å². The summed E-state index contributed by atoms with van der Waals surface area (Å²) >= 11 is 0. The molecule has 0 aliphatic rings. The van der Waals surface area contributed by atoms with Gasteiger partial charge in [-0.15, -0.1) is 0 Å². The zero-order valence-electron chi connectivity index (χ0n) is 17.2. The zero-order chi connectivity index (χ0) is 21.6. The van der Waals surface area contributed by atoms with Crippen LogP contribution in [0.2, 0.25) is 0 Å². The van der Waals surface area contributed by atoms with Crippen LogP contribution < -0.4 is 10.6 Å². The van der Waals surface area contributed by atoms with Crippen LogP contribution in [0.25, 0.3) is 0 Å². The molecular weight excluding hydrogens is 368 g/mol. The number of carboxylic acid groups (broad SMARTS) is 1. The molecule has 0 radical (unpaired) electrons. The van der Waals surface area contributed by atoms with Gasteiger partial charge >= 0.3 is 5.97 Å². The molecular formula is C23H28N2O4. The zero-order valence-corrected chi connectivity index (χ0v) is 17.2. The first-order valence-corrected chi connectivity index (χ1v) is 9.56. The van der Waals surface area contributed by atoms with E-state index in [1.807, 2.05) is 42.5 Å². The second-order valence-corrected chi connectivity index (χ2v) is 8.11. The summed E-state index contributed by atoms with van der Waals surface area (Å²) in [7, 11) is 0. The number of carbonyl (C=O) groups is 3. The SMILES string of the molecule is C[C@H](NC(=O)[C@H](Cc1ccccc1)NC(=O)c1ccc(C(C)(C)C)cc1)C(=O)O. The van der Waals surface area contributed by atoms with Crippen LogP contribution in [0.3, 0.4) is 0 Å². The molecule has 2 aromatic rings. The van der Waals surface area contributed by atoms with Crippen molar-refractivity contribution in [1.82, 2.24) is 10.6 Å². The van der Waals surface area contributed by atoms with E-state index in [0.29, 0.717) is 5.56 Å². The summed E-state index contributed by atoms with van der Waals surface area (Å²) in [6.45, 7) is 7.65. The lowest BCUT2D eigenvalue weighted by Crippen LogP contribution is -2.51. The third kappa shape index (κ3) is 6.45. The molecule has 0 unspecified atom stereocenters. The standard InChI is InChI=1S/C23H28N2O4/c1-15(22(28)29)24-21(27)19(14-16-8-6-5-7-9-16)25-20(26)17-10-12-18(13-11-17)23(2,3)4/h5-13,15,19H,14H2,1-4H3,(H,24,27)(H,25,26)(H,28,29)/t15-,19-/m0/s1. The van der Waals surface area contributed by atoms with Crippen LogP contribution in [0.15, 0.2) is 54.6 Å². The Balaban J connectivity index is 2.18. The Hall–Kier alpha value is -3.15. The molecule has 2 rings (SSSR count). The first-order valence-electron chi connectivity index (χ1n) is 9.56. The fourth-order valence-corrected chi connectivity index (χ4v) is 2.80. The summed E-state index contributed by atoms with van der Waals surface area (Å²) in [5.41, 5.74) is 2.37. The van der Waals surface area contributed by atoms with Crippen molar-refractivity contribution in [2.45, 2.75) is 51.6 Å². The number of amides is 2. The number of nitrogens with one attached hydrogen (secondary N) is 2. The highest BCUT2D eigenvalue weighted by Crippen LogP contribution is 2.22. The van der Waals surface area contributed by atoms with Crippen LogP contribution in [0.1, 0.15) is 49.2 Å². The summed E-state index contributed by atoms with van der Waals surface area (Å²) in [4.78, 5) is 36.4. The molecule has 0 aromatic heterocycles. The molecule has 29 heavy (non-hydrogen) atoms. The number of carbonyl (C=O) groups excluding carboxylic acids is 2. The van der Waals surface area contributed by atoms with E-state index in [-0.39, 0.29) is 17.7 Å². The van der Waals surface area contributed by atoms with Crippen molar-refractivity contribution in [3.8, 4) is 0 Å².